The van der Waals surface area contributed by atoms with Crippen LogP contribution in [0, 0.1) is 0 Å². The smallest absolute Gasteiger partial charge is 0.152 e. The largest absolute Gasteiger partial charge is 0.358 e. The number of nitrogens with zero attached hydrogens (tertiary/aromatic N) is 1. The SMILES string of the molecule is O=Cc1cn(C2CCCCO2)c2ccccc12. The van der Waals surface area contributed by atoms with Crippen molar-refractivity contribution in [3.8, 4) is 0 Å². The summed E-state index contributed by atoms with van der Waals surface area (Å²) in [5.74, 6) is 0. The Morgan fingerprint density at radius 1 is 1.29 bits per heavy atom. The number of carbonyl (C=O) groups excluding carboxylic acids is 1. The van der Waals surface area contributed by atoms with Crippen LogP contribution in [0.3, 0.4) is 0 Å². The van der Waals surface area contributed by atoms with Crippen LogP contribution in [0.25, 0.3) is 10.9 Å². The Labute approximate surface area is 100.0 Å². The van der Waals surface area contributed by atoms with Gasteiger partial charge in [0.2, 0.25) is 0 Å². The number of rotatable bonds is 2. The van der Waals surface area contributed by atoms with E-state index < -0.39 is 0 Å². The first-order valence-electron chi connectivity index (χ1n) is 6.06. The van der Waals surface area contributed by atoms with Crippen molar-refractivity contribution in [3.63, 3.8) is 0 Å². The maximum absolute atomic E-state index is 11.1. The number of fused-ring (bicyclic) bond motifs is 1. The van der Waals surface area contributed by atoms with E-state index in [1.54, 1.807) is 0 Å². The molecule has 1 aromatic carbocycles. The first-order valence-corrected chi connectivity index (χ1v) is 6.06. The Morgan fingerprint density at radius 3 is 2.94 bits per heavy atom. The van der Waals surface area contributed by atoms with E-state index in [2.05, 4.69) is 4.57 Å². The fraction of sp³-hybridized carbons (Fsp3) is 0.357. The minimum absolute atomic E-state index is 0.0855. The lowest BCUT2D eigenvalue weighted by Crippen LogP contribution is -2.17. The second-order valence-electron chi connectivity index (χ2n) is 4.45. The summed E-state index contributed by atoms with van der Waals surface area (Å²) in [6, 6.07) is 7.98. The van der Waals surface area contributed by atoms with E-state index in [0.29, 0.717) is 0 Å². The third-order valence-electron chi connectivity index (χ3n) is 3.36. The van der Waals surface area contributed by atoms with Crippen molar-refractivity contribution in [3.05, 3.63) is 36.0 Å². The van der Waals surface area contributed by atoms with Gasteiger partial charge in [0.15, 0.2) is 6.29 Å². The summed E-state index contributed by atoms with van der Waals surface area (Å²) < 4.78 is 7.87. The van der Waals surface area contributed by atoms with Crippen LogP contribution in [-0.2, 0) is 4.74 Å². The maximum Gasteiger partial charge on any atom is 0.152 e. The molecule has 88 valence electrons. The van der Waals surface area contributed by atoms with Crippen molar-refractivity contribution >= 4 is 17.2 Å². The van der Waals surface area contributed by atoms with Gasteiger partial charge in [0.05, 0.1) is 5.52 Å². The predicted molar refractivity (Wildman–Crippen MR) is 66.2 cm³/mol. The number of aromatic nitrogens is 1. The Kier molecular flexibility index (Phi) is 2.69. The predicted octanol–water partition coefficient (Wildman–Crippen LogP) is 3.15. The lowest BCUT2D eigenvalue weighted by atomic mass is 10.2. The summed E-state index contributed by atoms with van der Waals surface area (Å²) in [4.78, 5) is 11.1. The summed E-state index contributed by atoms with van der Waals surface area (Å²) >= 11 is 0. The highest BCUT2D eigenvalue weighted by molar-refractivity contribution is 5.97. The molecule has 0 N–H and O–H groups in total. The molecule has 0 aliphatic carbocycles. The van der Waals surface area contributed by atoms with Crippen LogP contribution in [0.2, 0.25) is 0 Å². The summed E-state index contributed by atoms with van der Waals surface area (Å²) in [5.41, 5.74) is 1.83. The molecule has 0 spiro atoms. The van der Waals surface area contributed by atoms with Crippen molar-refractivity contribution in [2.45, 2.75) is 25.5 Å². The van der Waals surface area contributed by atoms with Gasteiger partial charge in [-0.25, -0.2) is 0 Å². The van der Waals surface area contributed by atoms with Crippen molar-refractivity contribution in [1.29, 1.82) is 0 Å². The Bertz CT molecular complexity index is 538. The molecule has 0 saturated carbocycles. The average molecular weight is 229 g/mol. The summed E-state index contributed by atoms with van der Waals surface area (Å²) in [6.45, 7) is 0.813. The summed E-state index contributed by atoms with van der Waals surface area (Å²) in [6.07, 6.45) is 6.26. The molecule has 1 saturated heterocycles. The van der Waals surface area contributed by atoms with Crippen molar-refractivity contribution in [2.75, 3.05) is 6.61 Å². The van der Waals surface area contributed by atoms with Crippen LogP contribution in [0.4, 0.5) is 0 Å². The number of hydrogen-bond acceptors (Lipinski definition) is 2. The standard InChI is InChI=1S/C14H15NO2/c16-10-11-9-15(14-7-3-4-8-17-14)13-6-2-1-5-12(11)13/h1-2,5-6,9-10,14H,3-4,7-8H2. The molecule has 1 atom stereocenters. The minimum Gasteiger partial charge on any atom is -0.358 e. The van der Waals surface area contributed by atoms with E-state index in [0.717, 1.165) is 42.2 Å². The molecule has 2 aromatic rings. The zero-order chi connectivity index (χ0) is 11.7. The maximum atomic E-state index is 11.1. The van der Waals surface area contributed by atoms with Gasteiger partial charge in [0, 0.05) is 23.8 Å². The fourth-order valence-electron chi connectivity index (χ4n) is 2.51. The molecular weight excluding hydrogens is 214 g/mol. The van der Waals surface area contributed by atoms with Gasteiger partial charge in [-0.15, -0.1) is 0 Å². The number of para-hydroxylation sites is 1. The molecule has 1 aliphatic rings. The highest BCUT2D eigenvalue weighted by Gasteiger charge is 2.18. The van der Waals surface area contributed by atoms with Crippen molar-refractivity contribution < 1.29 is 9.53 Å². The lowest BCUT2D eigenvalue weighted by molar-refractivity contribution is -0.0292. The Hall–Kier alpha value is -1.61. The second kappa shape index (κ2) is 4.34. The van der Waals surface area contributed by atoms with Gasteiger partial charge < -0.3 is 9.30 Å². The van der Waals surface area contributed by atoms with Crippen LogP contribution in [0.1, 0.15) is 35.8 Å². The zero-order valence-electron chi connectivity index (χ0n) is 9.63. The van der Waals surface area contributed by atoms with E-state index >= 15 is 0 Å². The van der Waals surface area contributed by atoms with E-state index in [9.17, 15) is 4.79 Å². The van der Waals surface area contributed by atoms with Crippen molar-refractivity contribution in [1.82, 2.24) is 4.57 Å². The number of carbonyl (C=O) groups is 1. The molecule has 1 fully saturated rings. The normalized spacial score (nSPS) is 20.6. The van der Waals surface area contributed by atoms with Gasteiger partial charge in [0.25, 0.3) is 0 Å². The molecule has 1 aromatic heterocycles. The third-order valence-corrected chi connectivity index (χ3v) is 3.36. The number of benzene rings is 1. The number of ether oxygens (including phenoxy) is 1. The van der Waals surface area contributed by atoms with Gasteiger partial charge in [-0.1, -0.05) is 18.2 Å². The van der Waals surface area contributed by atoms with E-state index in [1.807, 2.05) is 30.5 Å². The van der Waals surface area contributed by atoms with Crippen LogP contribution >= 0.6 is 0 Å². The van der Waals surface area contributed by atoms with E-state index in [-0.39, 0.29) is 6.23 Å². The second-order valence-corrected chi connectivity index (χ2v) is 4.45. The summed E-state index contributed by atoms with van der Waals surface area (Å²) in [7, 11) is 0. The van der Waals surface area contributed by atoms with E-state index in [1.165, 1.54) is 6.42 Å². The Morgan fingerprint density at radius 2 is 2.18 bits per heavy atom. The molecule has 3 rings (SSSR count). The lowest BCUT2D eigenvalue weighted by Gasteiger charge is -2.24. The van der Waals surface area contributed by atoms with Crippen LogP contribution in [0.15, 0.2) is 30.5 Å². The van der Waals surface area contributed by atoms with Gasteiger partial charge in [-0.05, 0) is 25.3 Å². The molecule has 0 bridgehead atoms. The highest BCUT2D eigenvalue weighted by atomic mass is 16.5. The number of hydrogen-bond donors (Lipinski definition) is 0. The third kappa shape index (κ3) is 1.76. The molecule has 2 heterocycles. The van der Waals surface area contributed by atoms with Gasteiger partial charge in [0.1, 0.15) is 6.23 Å². The van der Waals surface area contributed by atoms with Gasteiger partial charge >= 0.3 is 0 Å². The average Bonchev–Trinajstić information content (AvgIpc) is 2.78. The molecule has 3 heteroatoms. The van der Waals surface area contributed by atoms with E-state index in [4.69, 9.17) is 4.74 Å². The molecule has 0 radical (unpaired) electrons. The number of aldehydes is 1. The first-order chi connectivity index (χ1) is 8.40. The summed E-state index contributed by atoms with van der Waals surface area (Å²) in [5, 5.41) is 1.01. The van der Waals surface area contributed by atoms with Crippen LogP contribution < -0.4 is 0 Å². The quantitative estimate of drug-likeness (QED) is 0.741. The monoisotopic (exact) mass is 229 g/mol. The van der Waals surface area contributed by atoms with Gasteiger partial charge in [-0.3, -0.25) is 4.79 Å². The first kappa shape index (κ1) is 10.5. The van der Waals surface area contributed by atoms with Gasteiger partial charge in [-0.2, -0.15) is 0 Å². The zero-order valence-corrected chi connectivity index (χ0v) is 9.63. The molecule has 3 nitrogen and oxygen atoms in total. The Balaban J connectivity index is 2.11. The van der Waals surface area contributed by atoms with Crippen molar-refractivity contribution in [2.24, 2.45) is 0 Å². The fourth-order valence-corrected chi connectivity index (χ4v) is 2.51. The van der Waals surface area contributed by atoms with Crippen LogP contribution in [0.5, 0.6) is 0 Å². The minimum atomic E-state index is 0.0855. The molecular formula is C14H15NO2. The molecule has 0 amide bonds. The molecule has 1 aliphatic heterocycles. The topological polar surface area (TPSA) is 31.2 Å². The molecule has 17 heavy (non-hydrogen) atoms. The highest BCUT2D eigenvalue weighted by Crippen LogP contribution is 2.29. The molecule has 1 unspecified atom stereocenters. The van der Waals surface area contributed by atoms with Crippen LogP contribution in [-0.4, -0.2) is 17.5 Å².